The largest absolute Gasteiger partial charge is 0.361 e. The van der Waals surface area contributed by atoms with Gasteiger partial charge < -0.3 is 9.84 Å². The van der Waals surface area contributed by atoms with Gasteiger partial charge in [-0.3, -0.25) is 4.79 Å². The van der Waals surface area contributed by atoms with Crippen molar-refractivity contribution >= 4 is 11.6 Å². The Hall–Kier alpha value is -2.68. The predicted molar refractivity (Wildman–Crippen MR) is 60.3 cm³/mol. The van der Waals surface area contributed by atoms with Gasteiger partial charge in [-0.2, -0.15) is 5.26 Å². The fourth-order valence-corrected chi connectivity index (χ4v) is 1.38. The molecule has 1 aromatic carbocycles. The number of anilines is 1. The average Bonchev–Trinajstić information content (AvgIpc) is 2.78. The Kier molecular flexibility index (Phi) is 3.06. The number of aryl methyl sites for hydroxylation is 1. The van der Waals surface area contributed by atoms with Crippen molar-refractivity contribution in [1.82, 2.24) is 5.16 Å². The van der Waals surface area contributed by atoms with Crippen LogP contribution in [0.15, 0.2) is 28.8 Å². The Morgan fingerprint density at radius 2 is 2.28 bits per heavy atom. The molecular formula is C12H8FN3O2. The van der Waals surface area contributed by atoms with Crippen LogP contribution in [0.5, 0.6) is 0 Å². The van der Waals surface area contributed by atoms with E-state index in [1.54, 1.807) is 13.0 Å². The van der Waals surface area contributed by atoms with Crippen LogP contribution < -0.4 is 5.32 Å². The highest BCUT2D eigenvalue weighted by Gasteiger charge is 2.13. The lowest BCUT2D eigenvalue weighted by molar-refractivity contribution is 0.101. The molecule has 0 spiro atoms. The smallest absolute Gasteiger partial charge is 0.277 e. The van der Waals surface area contributed by atoms with Crippen molar-refractivity contribution in [2.45, 2.75) is 6.92 Å². The zero-order chi connectivity index (χ0) is 13.1. The van der Waals surface area contributed by atoms with Crippen molar-refractivity contribution in [1.29, 1.82) is 5.26 Å². The maximum Gasteiger partial charge on any atom is 0.277 e. The van der Waals surface area contributed by atoms with Crippen LogP contribution in [0, 0.1) is 24.1 Å². The second-order valence-corrected chi connectivity index (χ2v) is 3.58. The molecule has 0 fully saturated rings. The van der Waals surface area contributed by atoms with E-state index in [1.807, 2.05) is 0 Å². The molecule has 0 aliphatic heterocycles. The van der Waals surface area contributed by atoms with Gasteiger partial charge in [0.2, 0.25) is 0 Å². The van der Waals surface area contributed by atoms with E-state index in [9.17, 15) is 9.18 Å². The van der Waals surface area contributed by atoms with Gasteiger partial charge in [-0.15, -0.1) is 0 Å². The second-order valence-electron chi connectivity index (χ2n) is 3.58. The normalized spacial score (nSPS) is 9.83. The van der Waals surface area contributed by atoms with E-state index >= 15 is 0 Å². The van der Waals surface area contributed by atoms with E-state index in [-0.39, 0.29) is 16.9 Å². The van der Waals surface area contributed by atoms with Crippen LogP contribution in [0.4, 0.5) is 10.1 Å². The summed E-state index contributed by atoms with van der Waals surface area (Å²) in [5, 5.41) is 14.8. The number of benzene rings is 1. The maximum atomic E-state index is 12.9. The van der Waals surface area contributed by atoms with Gasteiger partial charge in [-0.1, -0.05) is 5.16 Å². The van der Waals surface area contributed by atoms with E-state index in [1.165, 1.54) is 12.1 Å². The standard InChI is InChI=1S/C12H8FN3O2/c1-7-4-11(16-18-7)12(17)15-10-3-2-9(13)5-8(10)6-14/h2-5H,1H3,(H,15,17). The fraction of sp³-hybridized carbons (Fsp3) is 0.0833. The van der Waals surface area contributed by atoms with Crippen LogP contribution in [0.3, 0.4) is 0 Å². The van der Waals surface area contributed by atoms with Crippen molar-refractivity contribution < 1.29 is 13.7 Å². The van der Waals surface area contributed by atoms with E-state index < -0.39 is 11.7 Å². The third-order valence-electron chi connectivity index (χ3n) is 2.21. The topological polar surface area (TPSA) is 78.9 Å². The molecule has 0 saturated carbocycles. The Labute approximate surface area is 102 Å². The molecule has 0 unspecified atom stereocenters. The van der Waals surface area contributed by atoms with Crippen LogP contribution in [-0.2, 0) is 0 Å². The minimum absolute atomic E-state index is 0.0450. The molecule has 90 valence electrons. The molecule has 0 radical (unpaired) electrons. The number of nitriles is 1. The minimum Gasteiger partial charge on any atom is -0.361 e. The summed E-state index contributed by atoms with van der Waals surface area (Å²) >= 11 is 0. The molecule has 2 aromatic rings. The third kappa shape index (κ3) is 2.35. The molecule has 0 bridgehead atoms. The first-order chi connectivity index (χ1) is 8.60. The maximum absolute atomic E-state index is 12.9. The van der Waals surface area contributed by atoms with Crippen LogP contribution in [0.25, 0.3) is 0 Å². The van der Waals surface area contributed by atoms with Crippen LogP contribution >= 0.6 is 0 Å². The quantitative estimate of drug-likeness (QED) is 0.879. The monoisotopic (exact) mass is 245 g/mol. The SMILES string of the molecule is Cc1cc(C(=O)Nc2ccc(F)cc2C#N)no1. The molecule has 18 heavy (non-hydrogen) atoms. The molecule has 5 nitrogen and oxygen atoms in total. The van der Waals surface area contributed by atoms with Gasteiger partial charge in [0.1, 0.15) is 17.6 Å². The number of amides is 1. The summed E-state index contributed by atoms with van der Waals surface area (Å²) in [7, 11) is 0. The summed E-state index contributed by atoms with van der Waals surface area (Å²) in [6.45, 7) is 1.66. The van der Waals surface area contributed by atoms with E-state index in [0.717, 1.165) is 12.1 Å². The second kappa shape index (κ2) is 4.67. The highest BCUT2D eigenvalue weighted by molar-refractivity contribution is 6.03. The minimum atomic E-state index is -0.540. The summed E-state index contributed by atoms with van der Waals surface area (Å²) < 4.78 is 17.7. The summed E-state index contributed by atoms with van der Waals surface area (Å²) in [5.41, 5.74) is 0.369. The number of nitrogens with one attached hydrogen (secondary N) is 1. The zero-order valence-electron chi connectivity index (χ0n) is 9.40. The molecule has 6 heteroatoms. The fourth-order valence-electron chi connectivity index (χ4n) is 1.38. The average molecular weight is 245 g/mol. The number of carbonyl (C=O) groups is 1. The molecule has 0 aliphatic carbocycles. The number of hydrogen-bond donors (Lipinski definition) is 1. The Morgan fingerprint density at radius 1 is 1.50 bits per heavy atom. The predicted octanol–water partition coefficient (Wildman–Crippen LogP) is 2.25. The highest BCUT2D eigenvalue weighted by Crippen LogP contribution is 2.17. The molecular weight excluding hydrogens is 237 g/mol. The molecule has 0 atom stereocenters. The summed E-state index contributed by atoms with van der Waals surface area (Å²) in [6.07, 6.45) is 0. The molecule has 0 aliphatic rings. The first kappa shape index (κ1) is 11.8. The number of hydrogen-bond acceptors (Lipinski definition) is 4. The van der Waals surface area contributed by atoms with Crippen molar-refractivity contribution in [3.05, 3.63) is 47.1 Å². The van der Waals surface area contributed by atoms with Gasteiger partial charge in [-0.05, 0) is 25.1 Å². The first-order valence-electron chi connectivity index (χ1n) is 5.04. The molecule has 1 heterocycles. The molecule has 1 N–H and O–H groups in total. The van der Waals surface area contributed by atoms with Gasteiger partial charge in [-0.25, -0.2) is 4.39 Å². The van der Waals surface area contributed by atoms with Crippen molar-refractivity contribution in [2.75, 3.05) is 5.32 Å². The lowest BCUT2D eigenvalue weighted by Crippen LogP contribution is -2.13. The number of rotatable bonds is 2. The molecule has 1 amide bonds. The van der Waals surface area contributed by atoms with Crippen LogP contribution in [0.2, 0.25) is 0 Å². The highest BCUT2D eigenvalue weighted by atomic mass is 19.1. The number of halogens is 1. The van der Waals surface area contributed by atoms with Crippen molar-refractivity contribution in [2.24, 2.45) is 0 Å². The number of carbonyl (C=O) groups excluding carboxylic acids is 1. The van der Waals surface area contributed by atoms with Gasteiger partial charge >= 0.3 is 0 Å². The van der Waals surface area contributed by atoms with Gasteiger partial charge in [0.15, 0.2) is 5.69 Å². The van der Waals surface area contributed by atoms with Gasteiger partial charge in [0.25, 0.3) is 5.91 Å². The van der Waals surface area contributed by atoms with Gasteiger partial charge in [0, 0.05) is 6.07 Å². The van der Waals surface area contributed by atoms with Crippen molar-refractivity contribution in [3.8, 4) is 6.07 Å². The van der Waals surface area contributed by atoms with E-state index in [4.69, 9.17) is 9.78 Å². The summed E-state index contributed by atoms with van der Waals surface area (Å²) in [5.74, 6) is -0.559. The first-order valence-corrected chi connectivity index (χ1v) is 5.04. The van der Waals surface area contributed by atoms with E-state index in [0.29, 0.717) is 5.76 Å². The van der Waals surface area contributed by atoms with Crippen molar-refractivity contribution in [3.63, 3.8) is 0 Å². The molecule has 2 rings (SSSR count). The van der Waals surface area contributed by atoms with E-state index in [2.05, 4.69) is 10.5 Å². The van der Waals surface area contributed by atoms with Crippen LogP contribution in [-0.4, -0.2) is 11.1 Å². The Bertz CT molecular complexity index is 643. The number of aromatic nitrogens is 1. The van der Waals surface area contributed by atoms with Gasteiger partial charge in [0.05, 0.1) is 11.3 Å². The zero-order valence-corrected chi connectivity index (χ0v) is 9.40. The molecule has 1 aromatic heterocycles. The lowest BCUT2D eigenvalue weighted by atomic mass is 10.2. The Balaban J connectivity index is 2.25. The third-order valence-corrected chi connectivity index (χ3v) is 2.21. The Morgan fingerprint density at radius 3 is 2.89 bits per heavy atom. The van der Waals surface area contributed by atoms with Crippen LogP contribution in [0.1, 0.15) is 21.8 Å². The summed E-state index contributed by atoms with van der Waals surface area (Å²) in [6, 6.07) is 6.78. The number of nitrogens with zero attached hydrogens (tertiary/aromatic N) is 2. The lowest BCUT2D eigenvalue weighted by Gasteiger charge is -2.04. The summed E-state index contributed by atoms with van der Waals surface area (Å²) in [4.78, 5) is 11.7. The molecule has 0 saturated heterocycles.